The lowest BCUT2D eigenvalue weighted by Gasteiger charge is -2.17. The highest BCUT2D eigenvalue weighted by atomic mass is 19.4. The smallest absolute Gasteiger partial charge is 0.407 e. The molecule has 0 saturated heterocycles. The Balaban J connectivity index is 3.21. The van der Waals surface area contributed by atoms with E-state index in [1.54, 1.807) is 0 Å². The van der Waals surface area contributed by atoms with E-state index in [1.165, 1.54) is 0 Å². The molecule has 0 radical (unpaired) electrons. The molecule has 0 fully saturated rings. The van der Waals surface area contributed by atoms with Gasteiger partial charge < -0.3 is 10.5 Å². The van der Waals surface area contributed by atoms with Gasteiger partial charge in [-0.25, -0.2) is 8.78 Å². The van der Waals surface area contributed by atoms with Gasteiger partial charge in [-0.05, 0) is 6.07 Å². The van der Waals surface area contributed by atoms with E-state index < -0.39 is 35.2 Å². The lowest BCUT2D eigenvalue weighted by molar-refractivity contribution is -0.149. The average Bonchev–Trinajstić information content (AvgIpc) is 2.18. The van der Waals surface area contributed by atoms with Gasteiger partial charge >= 0.3 is 6.18 Å². The molecule has 1 aromatic rings. The zero-order chi connectivity index (χ0) is 12.5. The number of benzene rings is 1. The Morgan fingerprint density at radius 3 is 2.19 bits per heavy atom. The minimum Gasteiger partial charge on any atom is -0.494 e. The fourth-order valence-corrected chi connectivity index (χ4v) is 1.12. The number of rotatable bonds is 2. The van der Waals surface area contributed by atoms with Gasteiger partial charge in [-0.2, -0.15) is 13.2 Å². The van der Waals surface area contributed by atoms with Gasteiger partial charge in [-0.1, -0.05) is 0 Å². The first-order valence-corrected chi connectivity index (χ1v) is 4.12. The van der Waals surface area contributed by atoms with Crippen LogP contribution in [0.15, 0.2) is 12.1 Å². The molecule has 1 rings (SSSR count). The van der Waals surface area contributed by atoms with Crippen LogP contribution in [0, 0.1) is 11.6 Å². The van der Waals surface area contributed by atoms with E-state index in [0.29, 0.717) is 12.1 Å². The van der Waals surface area contributed by atoms with Gasteiger partial charge in [0, 0.05) is 11.6 Å². The van der Waals surface area contributed by atoms with Gasteiger partial charge in [-0.15, -0.1) is 0 Å². The van der Waals surface area contributed by atoms with E-state index in [2.05, 4.69) is 4.74 Å². The minimum atomic E-state index is -4.83. The molecule has 1 unspecified atom stereocenters. The number of hydrogen-bond acceptors (Lipinski definition) is 2. The zero-order valence-electron chi connectivity index (χ0n) is 8.11. The summed E-state index contributed by atoms with van der Waals surface area (Å²) in [7, 11) is 1.07. The maximum atomic E-state index is 13.2. The second-order valence-corrected chi connectivity index (χ2v) is 3.03. The third kappa shape index (κ3) is 2.41. The molecule has 1 aromatic carbocycles. The first-order chi connectivity index (χ1) is 7.27. The normalized spacial score (nSPS) is 13.7. The number of ether oxygens (including phenoxy) is 1. The summed E-state index contributed by atoms with van der Waals surface area (Å²) in [4.78, 5) is 0. The van der Waals surface area contributed by atoms with Gasteiger partial charge in [0.1, 0.15) is 11.9 Å². The summed E-state index contributed by atoms with van der Waals surface area (Å²) in [6.45, 7) is 0. The Kier molecular flexibility index (Phi) is 3.37. The van der Waals surface area contributed by atoms with Crippen LogP contribution >= 0.6 is 0 Å². The van der Waals surface area contributed by atoms with Gasteiger partial charge in [0.15, 0.2) is 11.6 Å². The summed E-state index contributed by atoms with van der Waals surface area (Å²) in [5.41, 5.74) is 3.81. The second kappa shape index (κ2) is 4.25. The fourth-order valence-electron chi connectivity index (χ4n) is 1.12. The molecule has 0 spiro atoms. The van der Waals surface area contributed by atoms with Crippen LogP contribution in [-0.4, -0.2) is 13.3 Å². The van der Waals surface area contributed by atoms with E-state index in [1.807, 2.05) is 0 Å². The molecule has 0 saturated carbocycles. The van der Waals surface area contributed by atoms with Crippen molar-refractivity contribution in [2.45, 2.75) is 12.2 Å². The van der Waals surface area contributed by atoms with Crippen molar-refractivity contribution in [1.29, 1.82) is 0 Å². The van der Waals surface area contributed by atoms with Crippen molar-refractivity contribution >= 4 is 0 Å². The molecule has 0 aliphatic rings. The van der Waals surface area contributed by atoms with Crippen LogP contribution in [0.1, 0.15) is 11.6 Å². The third-order valence-corrected chi connectivity index (χ3v) is 1.96. The first-order valence-electron chi connectivity index (χ1n) is 4.12. The van der Waals surface area contributed by atoms with Crippen molar-refractivity contribution in [1.82, 2.24) is 0 Å². The Bertz CT molecular complexity index is 390. The molecular formula is C9H8F5NO. The van der Waals surface area contributed by atoms with Crippen LogP contribution in [-0.2, 0) is 0 Å². The topological polar surface area (TPSA) is 35.2 Å². The van der Waals surface area contributed by atoms with E-state index in [4.69, 9.17) is 5.73 Å². The van der Waals surface area contributed by atoms with Crippen molar-refractivity contribution in [2.75, 3.05) is 7.11 Å². The summed E-state index contributed by atoms with van der Waals surface area (Å²) in [5.74, 6) is -2.84. The summed E-state index contributed by atoms with van der Waals surface area (Å²) < 4.78 is 67.2. The largest absolute Gasteiger partial charge is 0.494 e. The molecule has 16 heavy (non-hydrogen) atoms. The predicted molar refractivity (Wildman–Crippen MR) is 45.9 cm³/mol. The fraction of sp³-hybridized carbons (Fsp3) is 0.333. The second-order valence-electron chi connectivity index (χ2n) is 3.03. The third-order valence-electron chi connectivity index (χ3n) is 1.96. The minimum absolute atomic E-state index is 0.381. The number of hydrogen-bond donors (Lipinski definition) is 1. The summed E-state index contributed by atoms with van der Waals surface area (Å²) in [6, 6.07) is -1.66. The Hall–Kier alpha value is -1.37. The van der Waals surface area contributed by atoms with Crippen LogP contribution in [0.25, 0.3) is 0 Å². The maximum absolute atomic E-state index is 13.2. The summed E-state index contributed by atoms with van der Waals surface area (Å²) >= 11 is 0. The highest BCUT2D eigenvalue weighted by Crippen LogP contribution is 2.33. The van der Waals surface area contributed by atoms with Crippen molar-refractivity contribution in [3.63, 3.8) is 0 Å². The molecule has 0 heterocycles. The molecule has 0 amide bonds. The Labute approximate surface area is 87.8 Å². The molecule has 90 valence electrons. The van der Waals surface area contributed by atoms with Crippen LogP contribution in [0.4, 0.5) is 22.0 Å². The molecule has 0 aliphatic carbocycles. The lowest BCUT2D eigenvalue weighted by Crippen LogP contribution is -2.29. The first kappa shape index (κ1) is 12.7. The van der Waals surface area contributed by atoms with E-state index in [0.717, 1.165) is 7.11 Å². The zero-order valence-corrected chi connectivity index (χ0v) is 8.11. The summed E-state index contributed by atoms with van der Waals surface area (Å²) in [5, 5.41) is 0. The van der Waals surface area contributed by atoms with E-state index in [-0.39, 0.29) is 0 Å². The Morgan fingerprint density at radius 2 is 1.75 bits per heavy atom. The number of nitrogens with two attached hydrogens (primary N) is 1. The lowest BCUT2D eigenvalue weighted by atomic mass is 10.1. The SMILES string of the molecule is COc1cc(F)c(C(N)C(F)(F)F)cc1F. The van der Waals surface area contributed by atoms with Crippen LogP contribution < -0.4 is 10.5 Å². The molecule has 1 atom stereocenters. The monoisotopic (exact) mass is 241 g/mol. The van der Waals surface area contributed by atoms with Gasteiger partial charge in [0.2, 0.25) is 0 Å². The van der Waals surface area contributed by atoms with Crippen molar-refractivity contribution in [2.24, 2.45) is 5.73 Å². The quantitative estimate of drug-likeness (QED) is 0.807. The standard InChI is InChI=1S/C9H8F5NO/c1-16-7-3-5(10)4(2-6(7)11)8(15)9(12,13)14/h2-3,8H,15H2,1H3. The number of alkyl halides is 3. The van der Waals surface area contributed by atoms with Crippen molar-refractivity contribution < 1.29 is 26.7 Å². The van der Waals surface area contributed by atoms with Crippen LogP contribution in [0.2, 0.25) is 0 Å². The van der Waals surface area contributed by atoms with Crippen LogP contribution in [0.3, 0.4) is 0 Å². The molecule has 0 bridgehead atoms. The number of halogens is 5. The van der Waals surface area contributed by atoms with Crippen LogP contribution in [0.5, 0.6) is 5.75 Å². The van der Waals surface area contributed by atoms with Gasteiger partial charge in [0.05, 0.1) is 7.11 Å². The van der Waals surface area contributed by atoms with Crippen molar-refractivity contribution in [3.05, 3.63) is 29.3 Å². The Morgan fingerprint density at radius 1 is 1.19 bits per heavy atom. The molecule has 0 aromatic heterocycles. The molecule has 2 nitrogen and oxygen atoms in total. The highest BCUT2D eigenvalue weighted by Gasteiger charge is 2.39. The summed E-state index contributed by atoms with van der Waals surface area (Å²) in [6.07, 6.45) is -4.83. The molecule has 0 aliphatic heterocycles. The van der Waals surface area contributed by atoms with E-state index >= 15 is 0 Å². The number of methoxy groups -OCH3 is 1. The van der Waals surface area contributed by atoms with E-state index in [9.17, 15) is 22.0 Å². The van der Waals surface area contributed by atoms with Crippen molar-refractivity contribution in [3.8, 4) is 5.75 Å². The molecule has 2 N–H and O–H groups in total. The van der Waals surface area contributed by atoms with Gasteiger partial charge in [0.25, 0.3) is 0 Å². The van der Waals surface area contributed by atoms with Gasteiger partial charge in [-0.3, -0.25) is 0 Å². The molecule has 7 heteroatoms. The predicted octanol–water partition coefficient (Wildman–Crippen LogP) is 2.54. The molecular weight excluding hydrogens is 233 g/mol. The average molecular weight is 241 g/mol. The highest BCUT2D eigenvalue weighted by molar-refractivity contribution is 5.33. The maximum Gasteiger partial charge on any atom is 0.407 e.